The Morgan fingerprint density at radius 1 is 0.943 bits per heavy atom. The number of rotatable bonds is 8. The van der Waals surface area contributed by atoms with Crippen molar-refractivity contribution in [2.24, 2.45) is 11.8 Å². The average molecular weight is 478 g/mol. The summed E-state index contributed by atoms with van der Waals surface area (Å²) in [5.41, 5.74) is 5.35. The minimum absolute atomic E-state index is 0.0490. The Bertz CT molecular complexity index is 966. The van der Waals surface area contributed by atoms with Crippen LogP contribution in [0.1, 0.15) is 85.7 Å². The number of aryl methyl sites for hydroxylation is 2. The van der Waals surface area contributed by atoms with E-state index < -0.39 is 0 Å². The van der Waals surface area contributed by atoms with Crippen LogP contribution in [0, 0.1) is 18.8 Å². The van der Waals surface area contributed by atoms with E-state index in [1.807, 2.05) is 13.0 Å². The zero-order chi connectivity index (χ0) is 24.5. The monoisotopic (exact) mass is 477 g/mol. The number of benzene rings is 2. The van der Waals surface area contributed by atoms with Gasteiger partial charge in [0.05, 0.1) is 13.2 Å². The first-order valence-corrected chi connectivity index (χ1v) is 13.8. The molecule has 1 amide bonds. The first kappa shape index (κ1) is 25.8. The number of ether oxygens (including phenoxy) is 2. The van der Waals surface area contributed by atoms with Crippen molar-refractivity contribution in [2.45, 2.75) is 77.6 Å². The van der Waals surface area contributed by atoms with Gasteiger partial charge in [0.15, 0.2) is 0 Å². The van der Waals surface area contributed by atoms with Crippen LogP contribution in [0.2, 0.25) is 0 Å². The zero-order valence-corrected chi connectivity index (χ0v) is 21.7. The number of hydrogen-bond acceptors (Lipinski definition) is 3. The molecule has 2 aromatic rings. The largest absolute Gasteiger partial charge is 0.493 e. The number of carbonyl (C=O) groups is 1. The topological polar surface area (TPSA) is 47.6 Å². The van der Waals surface area contributed by atoms with Crippen LogP contribution in [0.25, 0.3) is 11.1 Å². The van der Waals surface area contributed by atoms with Gasteiger partial charge in [-0.2, -0.15) is 0 Å². The van der Waals surface area contributed by atoms with Crippen molar-refractivity contribution in [1.29, 1.82) is 0 Å². The first-order valence-electron chi connectivity index (χ1n) is 13.8. The highest BCUT2D eigenvalue weighted by atomic mass is 16.5. The molecule has 1 aliphatic heterocycles. The summed E-state index contributed by atoms with van der Waals surface area (Å²) in [4.78, 5) is 12.5. The zero-order valence-electron chi connectivity index (χ0n) is 21.7. The van der Waals surface area contributed by atoms with E-state index in [-0.39, 0.29) is 5.91 Å². The molecular weight excluding hydrogens is 434 g/mol. The summed E-state index contributed by atoms with van der Waals surface area (Å²) in [5, 5.41) is 2.91. The van der Waals surface area contributed by atoms with Gasteiger partial charge >= 0.3 is 0 Å². The van der Waals surface area contributed by atoms with Crippen molar-refractivity contribution in [1.82, 2.24) is 5.32 Å². The second kappa shape index (κ2) is 13.1. The summed E-state index contributed by atoms with van der Waals surface area (Å²) in [5.74, 6) is 2.84. The van der Waals surface area contributed by atoms with Crippen molar-refractivity contribution in [2.75, 3.05) is 26.9 Å². The molecule has 1 heterocycles. The number of amides is 1. The summed E-state index contributed by atoms with van der Waals surface area (Å²) in [6, 6.07) is 12.7. The van der Waals surface area contributed by atoms with Crippen molar-refractivity contribution in [3.63, 3.8) is 0 Å². The molecular formula is C31H43NO3. The van der Waals surface area contributed by atoms with E-state index in [2.05, 4.69) is 35.6 Å². The van der Waals surface area contributed by atoms with Crippen LogP contribution in [0.5, 0.6) is 5.75 Å². The summed E-state index contributed by atoms with van der Waals surface area (Å²) in [6.07, 6.45) is 14.7. The van der Waals surface area contributed by atoms with Crippen LogP contribution in [0.4, 0.5) is 0 Å². The number of carbonyl (C=O) groups excluding carboxylic acids is 1. The molecule has 4 nitrogen and oxygen atoms in total. The second-order valence-corrected chi connectivity index (χ2v) is 10.6. The van der Waals surface area contributed by atoms with Gasteiger partial charge in [-0.15, -0.1) is 0 Å². The molecule has 4 rings (SSSR count). The maximum atomic E-state index is 12.5. The Kier molecular flexibility index (Phi) is 9.65. The Labute approximate surface area is 211 Å². The lowest BCUT2D eigenvalue weighted by molar-refractivity contribution is 0.0936. The lowest BCUT2D eigenvalue weighted by Gasteiger charge is -2.27. The van der Waals surface area contributed by atoms with Crippen LogP contribution < -0.4 is 10.1 Å². The molecule has 0 radical (unpaired) electrons. The quantitative estimate of drug-likeness (QED) is 0.412. The Morgan fingerprint density at radius 3 is 2.43 bits per heavy atom. The van der Waals surface area contributed by atoms with Crippen LogP contribution in [-0.4, -0.2) is 32.8 Å². The standard InChI is InChI=1S/C31H43NO3/c1-23-21-26(13-15-29(23)31(33)32-18-20-34-2)27-14-16-30-28(22-27)10-5-3-4-7-25(17-19-35-30)12-11-24-8-6-9-24/h13-16,21-22,24-25H,3-12,17-20H2,1-2H3,(H,32,33). The van der Waals surface area contributed by atoms with Crippen molar-refractivity contribution >= 4 is 5.91 Å². The highest BCUT2D eigenvalue weighted by molar-refractivity contribution is 5.96. The molecule has 1 fully saturated rings. The van der Waals surface area contributed by atoms with Crippen LogP contribution in [0.15, 0.2) is 36.4 Å². The van der Waals surface area contributed by atoms with Gasteiger partial charge in [-0.3, -0.25) is 4.79 Å². The summed E-state index contributed by atoms with van der Waals surface area (Å²) < 4.78 is 11.4. The summed E-state index contributed by atoms with van der Waals surface area (Å²) in [7, 11) is 1.64. The van der Waals surface area contributed by atoms with E-state index in [9.17, 15) is 4.79 Å². The molecule has 1 atom stereocenters. The van der Waals surface area contributed by atoms with Gasteiger partial charge < -0.3 is 14.8 Å². The highest BCUT2D eigenvalue weighted by Gasteiger charge is 2.20. The van der Waals surface area contributed by atoms with Crippen LogP contribution in [-0.2, 0) is 11.2 Å². The molecule has 1 N–H and O–H groups in total. The van der Waals surface area contributed by atoms with Crippen LogP contribution >= 0.6 is 0 Å². The Balaban J connectivity index is 1.41. The molecule has 0 spiro atoms. The fourth-order valence-electron chi connectivity index (χ4n) is 5.50. The Hall–Kier alpha value is -2.33. The van der Waals surface area contributed by atoms with Crippen molar-refractivity contribution < 1.29 is 14.3 Å². The third-order valence-electron chi connectivity index (χ3n) is 8.01. The van der Waals surface area contributed by atoms with Crippen LogP contribution in [0.3, 0.4) is 0 Å². The summed E-state index contributed by atoms with van der Waals surface area (Å²) >= 11 is 0. The molecule has 2 aromatic carbocycles. The predicted octanol–water partition coefficient (Wildman–Crippen LogP) is 7.12. The molecule has 0 aromatic heterocycles. The van der Waals surface area contributed by atoms with Gasteiger partial charge in [0.1, 0.15) is 5.75 Å². The lowest BCUT2D eigenvalue weighted by atomic mass is 9.79. The maximum absolute atomic E-state index is 12.5. The third-order valence-corrected chi connectivity index (χ3v) is 8.01. The van der Waals surface area contributed by atoms with E-state index in [1.165, 1.54) is 75.3 Å². The second-order valence-electron chi connectivity index (χ2n) is 10.6. The molecule has 2 aliphatic rings. The van der Waals surface area contributed by atoms with Gasteiger partial charge in [0, 0.05) is 19.2 Å². The SMILES string of the molecule is COCCNC(=O)c1ccc(-c2ccc3c(c2)CCCCCC(CCC2CCC2)CCO3)cc1C. The fraction of sp³-hybridized carbons (Fsp3) is 0.581. The minimum atomic E-state index is -0.0490. The summed E-state index contributed by atoms with van der Waals surface area (Å²) in [6.45, 7) is 3.86. The van der Waals surface area contributed by atoms with Gasteiger partial charge in [-0.1, -0.05) is 69.6 Å². The van der Waals surface area contributed by atoms with Crippen molar-refractivity contribution in [3.05, 3.63) is 53.1 Å². The number of nitrogens with one attached hydrogen (secondary N) is 1. The molecule has 35 heavy (non-hydrogen) atoms. The molecule has 4 heteroatoms. The average Bonchev–Trinajstić information content (AvgIpc) is 2.87. The van der Waals surface area contributed by atoms with E-state index >= 15 is 0 Å². The smallest absolute Gasteiger partial charge is 0.251 e. The molecule has 1 aliphatic carbocycles. The fourth-order valence-corrected chi connectivity index (χ4v) is 5.50. The molecule has 0 saturated heterocycles. The van der Waals surface area contributed by atoms with Gasteiger partial charge in [-0.05, 0) is 78.5 Å². The minimum Gasteiger partial charge on any atom is -0.493 e. The number of hydrogen-bond donors (Lipinski definition) is 1. The lowest BCUT2D eigenvalue weighted by Crippen LogP contribution is -2.27. The molecule has 1 saturated carbocycles. The third kappa shape index (κ3) is 7.33. The number of fused-ring (bicyclic) bond motifs is 1. The molecule has 190 valence electrons. The highest BCUT2D eigenvalue weighted by Crippen LogP contribution is 2.34. The normalized spacial score (nSPS) is 19.1. The van der Waals surface area contributed by atoms with Gasteiger partial charge in [0.2, 0.25) is 0 Å². The predicted molar refractivity (Wildman–Crippen MR) is 143 cm³/mol. The van der Waals surface area contributed by atoms with E-state index in [0.717, 1.165) is 47.3 Å². The molecule has 0 bridgehead atoms. The van der Waals surface area contributed by atoms with E-state index in [4.69, 9.17) is 9.47 Å². The van der Waals surface area contributed by atoms with E-state index in [0.29, 0.717) is 13.2 Å². The maximum Gasteiger partial charge on any atom is 0.251 e. The van der Waals surface area contributed by atoms with Gasteiger partial charge in [0.25, 0.3) is 5.91 Å². The number of methoxy groups -OCH3 is 1. The van der Waals surface area contributed by atoms with Gasteiger partial charge in [-0.25, -0.2) is 0 Å². The molecule has 1 unspecified atom stereocenters. The Morgan fingerprint density at radius 2 is 1.69 bits per heavy atom. The first-order chi connectivity index (χ1) is 17.1. The van der Waals surface area contributed by atoms with Crippen molar-refractivity contribution in [3.8, 4) is 16.9 Å². The van der Waals surface area contributed by atoms with E-state index in [1.54, 1.807) is 7.11 Å².